The smallest absolute Gasteiger partial charge is 0.352 e. The molecule has 1 aromatic heterocycles. The van der Waals surface area contributed by atoms with Crippen molar-refractivity contribution in [3.8, 4) is 23.0 Å². The van der Waals surface area contributed by atoms with Gasteiger partial charge in [0.1, 0.15) is 42.4 Å². The largest absolute Gasteiger partial charge is 0.504 e. The highest BCUT2D eigenvalue weighted by atomic mass is 32.2. The quantitative estimate of drug-likeness (QED) is 0.0479. The van der Waals surface area contributed by atoms with Crippen LogP contribution in [0, 0.1) is 0 Å². The van der Waals surface area contributed by atoms with Crippen LogP contribution in [0.5, 0.6) is 23.0 Å². The lowest BCUT2D eigenvalue weighted by atomic mass is 10.0. The molecule has 3 atom stereocenters. The Balaban J connectivity index is 1.21. The fourth-order valence-electron chi connectivity index (χ4n) is 6.08. The van der Waals surface area contributed by atoms with Crippen molar-refractivity contribution in [3.63, 3.8) is 0 Å². The lowest BCUT2D eigenvalue weighted by Crippen LogP contribution is -2.71. The van der Waals surface area contributed by atoms with E-state index in [9.17, 15) is 49.8 Å². The van der Waals surface area contributed by atoms with E-state index in [2.05, 4.69) is 15.5 Å². The number of nitrogen functional groups attached to an aromatic ring is 1. The summed E-state index contributed by atoms with van der Waals surface area (Å²) >= 11 is 2.21. The summed E-state index contributed by atoms with van der Waals surface area (Å²) in [5, 5.41) is 66.1. The second-order valence-corrected chi connectivity index (χ2v) is 13.9. The zero-order valence-electron chi connectivity index (χ0n) is 25.4. The number of hydrogen-bond acceptors (Lipinski definition) is 14. The maximum absolute atomic E-state index is 13.5. The number of thiazole rings is 1. The molecule has 4 heterocycles. The van der Waals surface area contributed by atoms with E-state index in [0.717, 1.165) is 39.5 Å². The number of hydrogen-bond donors (Lipinski definition) is 8. The first-order valence-corrected chi connectivity index (χ1v) is 16.4. The number of oxime groups is 1. The average molecular weight is 714 g/mol. The summed E-state index contributed by atoms with van der Waals surface area (Å²) < 4.78 is 0.343. The molecule has 49 heavy (non-hydrogen) atoms. The van der Waals surface area contributed by atoms with E-state index < -0.39 is 58.5 Å². The number of amides is 2. The van der Waals surface area contributed by atoms with Gasteiger partial charge in [-0.05, 0) is 24.3 Å². The molecule has 3 aliphatic heterocycles. The van der Waals surface area contributed by atoms with Gasteiger partial charge in [-0.25, -0.2) is 14.6 Å². The second-order valence-electron chi connectivity index (χ2n) is 11.9. The second kappa shape index (κ2) is 12.5. The Labute approximate surface area is 284 Å². The first-order valence-electron chi connectivity index (χ1n) is 14.4. The van der Waals surface area contributed by atoms with E-state index in [1.54, 1.807) is 0 Å². The number of quaternary nitrogens is 1. The van der Waals surface area contributed by atoms with Gasteiger partial charge in [-0.15, -0.1) is 23.1 Å². The molecule has 0 bridgehead atoms. The molecular formula is C30H29N6O11S2+. The fourth-order valence-corrected chi connectivity index (χ4v) is 7.96. The number of aromatic hydroxyl groups is 4. The number of rotatable bonds is 10. The number of likely N-dealkylation sites (N-methyl/N-ethyl adjacent to an activating group) is 1. The number of β-lactam (4-membered cyclic amide) rings is 1. The molecule has 3 aromatic rings. The van der Waals surface area contributed by atoms with Gasteiger partial charge >= 0.3 is 11.9 Å². The summed E-state index contributed by atoms with van der Waals surface area (Å²) in [5.74, 6) is -5.89. The van der Waals surface area contributed by atoms with Gasteiger partial charge in [-0.1, -0.05) is 11.2 Å². The summed E-state index contributed by atoms with van der Waals surface area (Å²) in [6.45, 7) is 1.19. The van der Waals surface area contributed by atoms with Crippen LogP contribution in [0.4, 0.5) is 5.13 Å². The van der Waals surface area contributed by atoms with Crippen LogP contribution in [0.25, 0.3) is 0 Å². The van der Waals surface area contributed by atoms with Crippen LogP contribution >= 0.6 is 23.1 Å². The van der Waals surface area contributed by atoms with Crippen LogP contribution in [0.2, 0.25) is 0 Å². The summed E-state index contributed by atoms with van der Waals surface area (Å²) in [4.78, 5) is 61.8. The number of nitrogens with zero attached hydrogens (tertiary/aromatic N) is 4. The third kappa shape index (κ3) is 6.25. The summed E-state index contributed by atoms with van der Waals surface area (Å²) in [6.07, 6.45) is -1.83. The van der Waals surface area contributed by atoms with Gasteiger partial charge in [0.05, 0.1) is 7.05 Å². The SMILES string of the molecule is C[N+]1(CC2=C(C(=O)O)N3C(=O)C(NC(=O)/C(=N\OC(C(=O)O)c4ccc(O)c(O)c4)c4csc(N)n4)[C@H]3SC2)Cc2cc(O)c(O)cc2C1. The predicted octanol–water partition coefficient (Wildman–Crippen LogP) is 0.993. The number of carbonyl (C=O) groups excluding carboxylic acids is 2. The lowest BCUT2D eigenvalue weighted by Gasteiger charge is -2.49. The molecule has 9 N–H and O–H groups in total. The Kier molecular flexibility index (Phi) is 8.51. The number of benzene rings is 2. The highest BCUT2D eigenvalue weighted by Gasteiger charge is 2.55. The minimum atomic E-state index is -1.83. The number of fused-ring (bicyclic) bond motifs is 2. The standard InChI is InChI=1S/C30H28N6O11S2/c1-36(7-13-5-19(39)20(40)6-14(13)8-36)9-15-10-48-27-22(26(42)35(27)23(15)28(43)44)33-25(41)21(16-11-49-30(31)32-16)34-47-24(29(45)46)12-2-3-17(37)18(38)4-12/h2-6,11,22,24,27H,7-10H2,1H3,(H8-,31,32,33,34,37,38,39,40,41,43,44,45,46)/p+1/t22?,24?,27-/m1/s1. The Morgan fingerprint density at radius 2 is 1.73 bits per heavy atom. The molecule has 19 heteroatoms. The number of nitrogens with two attached hydrogens (primary N) is 1. The molecule has 0 spiro atoms. The molecule has 3 aliphatic rings. The number of carboxylic acid groups (broad SMARTS) is 2. The van der Waals surface area contributed by atoms with Crippen LogP contribution in [-0.2, 0) is 37.1 Å². The summed E-state index contributed by atoms with van der Waals surface area (Å²) in [5.41, 5.74) is 6.97. The summed E-state index contributed by atoms with van der Waals surface area (Å²) in [6, 6.07) is 4.98. The van der Waals surface area contributed by atoms with Crippen molar-refractivity contribution in [3.05, 3.63) is 69.4 Å². The first kappa shape index (κ1) is 33.4. The summed E-state index contributed by atoms with van der Waals surface area (Å²) in [7, 11) is 1.91. The maximum Gasteiger partial charge on any atom is 0.352 e. The number of phenols is 4. The molecule has 2 aromatic carbocycles. The van der Waals surface area contributed by atoms with Gasteiger partial charge in [-0.2, -0.15) is 0 Å². The Bertz CT molecular complexity index is 1950. The van der Waals surface area contributed by atoms with Gasteiger partial charge in [0.2, 0.25) is 6.10 Å². The molecule has 0 radical (unpaired) electrons. The van der Waals surface area contributed by atoms with Crippen LogP contribution < -0.4 is 11.1 Å². The van der Waals surface area contributed by atoms with E-state index in [0.29, 0.717) is 23.1 Å². The van der Waals surface area contributed by atoms with Crippen LogP contribution in [0.15, 0.2) is 52.1 Å². The maximum atomic E-state index is 13.5. The Morgan fingerprint density at radius 1 is 1.08 bits per heavy atom. The minimum Gasteiger partial charge on any atom is -0.504 e. The molecule has 1 saturated heterocycles. The van der Waals surface area contributed by atoms with Crippen molar-refractivity contribution >= 4 is 57.7 Å². The van der Waals surface area contributed by atoms with Crippen LogP contribution in [0.3, 0.4) is 0 Å². The number of carbonyl (C=O) groups is 4. The van der Waals surface area contributed by atoms with E-state index >= 15 is 0 Å². The van der Waals surface area contributed by atoms with Crippen molar-refractivity contribution in [2.45, 2.75) is 30.6 Å². The van der Waals surface area contributed by atoms with Crippen molar-refractivity contribution < 1.29 is 59.1 Å². The zero-order chi connectivity index (χ0) is 35.4. The highest BCUT2D eigenvalue weighted by molar-refractivity contribution is 8.00. The molecule has 2 amide bonds. The number of carboxylic acids is 2. The third-order valence-electron chi connectivity index (χ3n) is 8.27. The number of anilines is 1. The van der Waals surface area contributed by atoms with Crippen molar-refractivity contribution in [2.24, 2.45) is 5.16 Å². The van der Waals surface area contributed by atoms with Gasteiger partial charge in [0.15, 0.2) is 33.8 Å². The number of thioether (sulfide) groups is 1. The number of aliphatic carboxylic acids is 2. The lowest BCUT2D eigenvalue weighted by molar-refractivity contribution is -0.924. The average Bonchev–Trinajstić information content (AvgIpc) is 3.60. The molecular weight excluding hydrogens is 684 g/mol. The first-order chi connectivity index (χ1) is 23.2. The molecule has 1 fully saturated rings. The number of aromatic nitrogens is 1. The molecule has 0 saturated carbocycles. The van der Waals surface area contributed by atoms with Gasteiger partial charge in [0, 0.05) is 33.4 Å². The highest BCUT2D eigenvalue weighted by Crippen LogP contribution is 2.43. The van der Waals surface area contributed by atoms with E-state index in [1.807, 2.05) is 7.05 Å². The molecule has 6 rings (SSSR count). The van der Waals surface area contributed by atoms with Crippen LogP contribution in [0.1, 0.15) is 28.5 Å². The molecule has 256 valence electrons. The zero-order valence-corrected chi connectivity index (χ0v) is 27.1. The van der Waals surface area contributed by atoms with Crippen molar-refractivity contribution in [1.29, 1.82) is 0 Å². The van der Waals surface area contributed by atoms with E-state index in [-0.39, 0.29) is 45.9 Å². The molecule has 0 aliphatic carbocycles. The van der Waals surface area contributed by atoms with Crippen molar-refractivity contribution in [1.82, 2.24) is 15.2 Å². The van der Waals surface area contributed by atoms with Crippen molar-refractivity contribution in [2.75, 3.05) is 25.1 Å². The topological polar surface area (TPSA) is 265 Å². The van der Waals surface area contributed by atoms with E-state index in [1.165, 1.54) is 35.3 Å². The van der Waals surface area contributed by atoms with Crippen LogP contribution in [-0.4, -0.2) is 105 Å². The number of nitrogens with one attached hydrogen (secondary N) is 1. The molecule has 17 nitrogen and oxygen atoms in total. The van der Waals surface area contributed by atoms with E-state index in [4.69, 9.17) is 10.6 Å². The van der Waals surface area contributed by atoms with Gasteiger partial charge < -0.3 is 51.0 Å². The van der Waals surface area contributed by atoms with Gasteiger partial charge in [0.25, 0.3) is 11.8 Å². The monoisotopic (exact) mass is 713 g/mol. The minimum absolute atomic E-state index is 0.0531. The third-order valence-corrected chi connectivity index (χ3v) is 10.3. The Morgan fingerprint density at radius 3 is 2.31 bits per heavy atom. The normalized spacial score (nSPS) is 20.2. The fraction of sp³-hybridized carbons (Fsp3) is 0.267. The predicted molar refractivity (Wildman–Crippen MR) is 172 cm³/mol. The molecule has 2 unspecified atom stereocenters. The van der Waals surface area contributed by atoms with Gasteiger partial charge in [-0.3, -0.25) is 14.5 Å². The Hall–Kier alpha value is -5.53. The number of phenolic OH excluding ortho intramolecular Hbond substituents is 4.